The predicted molar refractivity (Wildman–Crippen MR) is 291 cm³/mol. The molecule has 0 amide bonds. The fourth-order valence-corrected chi connectivity index (χ4v) is 9.00. The van der Waals surface area contributed by atoms with E-state index in [2.05, 4.69) is 37.5 Å². The first-order valence-electron chi connectivity index (χ1n) is 29.9. The average Bonchev–Trinajstić information content (AvgIpc) is 3.39. The fraction of sp³-hybridized carbons (Fsp3) is 0.898. The quantitative estimate of drug-likeness (QED) is 0.0184. The Labute approximate surface area is 449 Å². The number of rotatable bonds is 55. The van der Waals surface area contributed by atoms with Crippen molar-refractivity contribution in [2.45, 2.75) is 265 Å². The third-order valence-electron chi connectivity index (χ3n) is 13.6. The number of methoxy groups -OCH3 is 1. The molecule has 0 radical (unpaired) electrons. The molecule has 0 fully saturated rings. The second-order valence-electron chi connectivity index (χ2n) is 20.2. The van der Waals surface area contributed by atoms with Crippen molar-refractivity contribution in [2.75, 3.05) is 67.0 Å². The Morgan fingerprint density at radius 3 is 1.09 bits per heavy atom. The lowest BCUT2D eigenvalue weighted by Crippen LogP contribution is -2.45. The fourth-order valence-electron chi connectivity index (χ4n) is 9.00. The van der Waals surface area contributed by atoms with Gasteiger partial charge in [-0.05, 0) is 83.5 Å². The maximum Gasteiger partial charge on any atom is 0.343 e. The smallest absolute Gasteiger partial charge is 0.343 e. The van der Waals surface area contributed by atoms with Gasteiger partial charge in [-0.25, -0.2) is 4.79 Å². The van der Waals surface area contributed by atoms with Crippen LogP contribution in [-0.4, -0.2) is 114 Å². The molecule has 0 aromatic heterocycles. The third-order valence-corrected chi connectivity index (χ3v) is 13.6. The highest BCUT2D eigenvalue weighted by molar-refractivity contribution is 5.78. The maximum absolute atomic E-state index is 13.8. The zero-order valence-corrected chi connectivity index (χ0v) is 48.0. The largest absolute Gasteiger partial charge is 0.466 e. The second-order valence-corrected chi connectivity index (χ2v) is 20.2. The van der Waals surface area contributed by atoms with Crippen LogP contribution >= 0.6 is 0 Å². The lowest BCUT2D eigenvalue weighted by atomic mass is 9.94. The summed E-state index contributed by atoms with van der Waals surface area (Å²) in [7, 11) is 2.72. The van der Waals surface area contributed by atoms with Gasteiger partial charge in [0.2, 0.25) is 0 Å². The zero-order valence-electron chi connectivity index (χ0n) is 48.0. The molecule has 3 atom stereocenters. The van der Waals surface area contributed by atoms with E-state index in [1.807, 2.05) is 0 Å². The summed E-state index contributed by atoms with van der Waals surface area (Å²) >= 11 is 0. The van der Waals surface area contributed by atoms with Crippen molar-refractivity contribution in [1.29, 1.82) is 0 Å². The van der Waals surface area contributed by atoms with Crippen molar-refractivity contribution in [3.8, 4) is 0 Å². The lowest BCUT2D eigenvalue weighted by Gasteiger charge is -2.29. The van der Waals surface area contributed by atoms with Crippen molar-refractivity contribution in [1.82, 2.24) is 4.90 Å². The zero-order chi connectivity index (χ0) is 54.5. The molecule has 0 saturated heterocycles. The van der Waals surface area contributed by atoms with E-state index >= 15 is 0 Å². The van der Waals surface area contributed by atoms with Gasteiger partial charge in [-0.2, -0.15) is 4.89 Å². The molecule has 0 rings (SSSR count). The summed E-state index contributed by atoms with van der Waals surface area (Å²) in [5, 5.41) is 0. The molecule has 0 spiro atoms. The topological polar surface area (TPSA) is 179 Å². The second kappa shape index (κ2) is 53.1. The molecule has 0 heterocycles. The van der Waals surface area contributed by atoms with Crippen LogP contribution in [-0.2, 0) is 67.0 Å². The van der Waals surface area contributed by atoms with Crippen LogP contribution < -0.4 is 0 Å². The molecule has 0 N–H and O–H groups in total. The van der Waals surface area contributed by atoms with E-state index in [-0.39, 0.29) is 89.0 Å². The number of nitrogens with zero attached hydrogens (tertiary/aromatic N) is 1. The summed E-state index contributed by atoms with van der Waals surface area (Å²) in [6.07, 6.45) is 32.6. The monoisotopic (exact) mass is 1060 g/mol. The van der Waals surface area contributed by atoms with Crippen LogP contribution in [0.1, 0.15) is 259 Å². The van der Waals surface area contributed by atoms with Gasteiger partial charge in [0, 0.05) is 26.6 Å². The van der Waals surface area contributed by atoms with Gasteiger partial charge in [0.1, 0.15) is 12.6 Å². The summed E-state index contributed by atoms with van der Waals surface area (Å²) in [6, 6.07) is -0.972. The summed E-state index contributed by atoms with van der Waals surface area (Å²) in [4.78, 5) is 88.7. The highest BCUT2D eigenvalue weighted by Gasteiger charge is 2.30. The molecule has 74 heavy (non-hydrogen) atoms. The van der Waals surface area contributed by atoms with Crippen LogP contribution in [0, 0.1) is 11.8 Å². The van der Waals surface area contributed by atoms with Crippen LogP contribution in [0.2, 0.25) is 0 Å². The Balaban J connectivity index is 5.26. The van der Waals surface area contributed by atoms with Gasteiger partial charge in [-0.3, -0.25) is 33.8 Å². The number of carbonyl (C=O) groups excluding carboxylic acids is 6. The van der Waals surface area contributed by atoms with Crippen LogP contribution in [0.5, 0.6) is 0 Å². The van der Waals surface area contributed by atoms with Gasteiger partial charge in [0.05, 0.1) is 64.8 Å². The lowest BCUT2D eigenvalue weighted by molar-refractivity contribution is -0.255. The SMILES string of the molecule is CCCCCCCCC(CCCCCC)C(=O)OCCCCCCOC(=O)CCC(C(=O)OCCCCCCOC(=O)C(CCCCCC)CCCCCCCC)N(CCC(=O)OCCOC)CCC(=O)OOC. The minimum absolute atomic E-state index is 0.0215. The molecule has 15 nitrogen and oxygen atoms in total. The van der Waals surface area contributed by atoms with Crippen LogP contribution in [0.15, 0.2) is 0 Å². The highest BCUT2D eigenvalue weighted by atomic mass is 17.2. The van der Waals surface area contributed by atoms with Gasteiger partial charge in [-0.1, -0.05) is 156 Å². The number of hydrogen-bond donors (Lipinski definition) is 0. The minimum atomic E-state index is -0.972. The van der Waals surface area contributed by atoms with E-state index in [9.17, 15) is 28.8 Å². The average molecular weight is 1060 g/mol. The molecule has 434 valence electrons. The van der Waals surface area contributed by atoms with E-state index in [1.165, 1.54) is 91.3 Å². The van der Waals surface area contributed by atoms with E-state index in [1.54, 1.807) is 4.90 Å². The molecule has 0 bridgehead atoms. The first-order chi connectivity index (χ1) is 36.1. The molecule has 0 aromatic carbocycles. The Morgan fingerprint density at radius 2 is 0.676 bits per heavy atom. The Hall–Kier alpha value is -3.30. The first kappa shape index (κ1) is 70.7. The van der Waals surface area contributed by atoms with Gasteiger partial charge >= 0.3 is 35.8 Å². The van der Waals surface area contributed by atoms with Gasteiger partial charge in [0.15, 0.2) is 0 Å². The van der Waals surface area contributed by atoms with E-state index < -0.39 is 29.9 Å². The molecule has 0 aromatic rings. The third kappa shape index (κ3) is 42.9. The van der Waals surface area contributed by atoms with Gasteiger partial charge < -0.3 is 28.4 Å². The molecular weight excluding hydrogens is 947 g/mol. The predicted octanol–water partition coefficient (Wildman–Crippen LogP) is 13.5. The normalized spacial score (nSPS) is 12.5. The van der Waals surface area contributed by atoms with Crippen molar-refractivity contribution >= 4 is 35.8 Å². The summed E-state index contributed by atoms with van der Waals surface area (Å²) in [5.41, 5.74) is 0. The van der Waals surface area contributed by atoms with Crippen LogP contribution in [0.4, 0.5) is 0 Å². The molecule has 0 aliphatic carbocycles. The van der Waals surface area contributed by atoms with Crippen LogP contribution in [0.25, 0.3) is 0 Å². The van der Waals surface area contributed by atoms with E-state index in [0.29, 0.717) is 32.5 Å². The van der Waals surface area contributed by atoms with E-state index in [0.717, 1.165) is 109 Å². The molecule has 15 heteroatoms. The summed E-state index contributed by atoms with van der Waals surface area (Å²) < 4.78 is 33.1. The van der Waals surface area contributed by atoms with Crippen molar-refractivity contribution < 1.29 is 67.0 Å². The highest BCUT2D eigenvalue weighted by Crippen LogP contribution is 2.23. The van der Waals surface area contributed by atoms with Crippen molar-refractivity contribution in [3.63, 3.8) is 0 Å². The number of ether oxygens (including phenoxy) is 6. The Kier molecular flexibility index (Phi) is 50.7. The number of carbonyl (C=O) groups is 6. The molecule has 0 aliphatic rings. The van der Waals surface area contributed by atoms with Crippen molar-refractivity contribution in [2.24, 2.45) is 11.8 Å². The number of unbranched alkanes of at least 4 members (excludes halogenated alkanes) is 22. The standard InChI is InChI=1S/C59H109NO14/c1-7-11-15-19-21-29-37-51(35-27-17-13-9-3)57(64)71-46-32-24-23-31-45-69-54(61)40-39-53(60(44-42-56(63)74-68-6)43-41-55(62)70-50-49-67-5)59(66)73-48-34-26-25-33-47-72-58(65)52(36-28-18-14-10-4)38-30-22-20-16-12-8-2/h51-53H,7-50H2,1-6H3. The van der Waals surface area contributed by atoms with Gasteiger partial charge in [0.25, 0.3) is 0 Å². The molecule has 3 unspecified atom stereocenters. The van der Waals surface area contributed by atoms with E-state index in [4.69, 9.17) is 28.4 Å². The maximum atomic E-state index is 13.8. The summed E-state index contributed by atoms with van der Waals surface area (Å²) in [5.74, 6) is -2.44. The number of hydrogen-bond acceptors (Lipinski definition) is 15. The van der Waals surface area contributed by atoms with Gasteiger partial charge in [-0.15, -0.1) is 0 Å². The minimum Gasteiger partial charge on any atom is -0.466 e. The molecular formula is C59H109NO14. The number of esters is 5. The first-order valence-corrected chi connectivity index (χ1v) is 29.9. The Morgan fingerprint density at radius 1 is 0.338 bits per heavy atom. The van der Waals surface area contributed by atoms with Crippen LogP contribution in [0.3, 0.4) is 0 Å². The Bertz CT molecular complexity index is 1360. The van der Waals surface area contributed by atoms with Crippen molar-refractivity contribution in [3.05, 3.63) is 0 Å². The molecule has 0 saturated carbocycles. The summed E-state index contributed by atoms with van der Waals surface area (Å²) in [6.45, 7) is 10.3. The molecule has 0 aliphatic heterocycles.